The molecule has 1 aliphatic rings. The Balaban J connectivity index is 2.33. The first-order valence-electron chi connectivity index (χ1n) is 5.42. The summed E-state index contributed by atoms with van der Waals surface area (Å²) in [6.45, 7) is 0.222. The SMILES string of the molecule is NNC(=O)c1cc2c3c(cccc3n1)C(=O)CN2. The highest BCUT2D eigenvalue weighted by Crippen LogP contribution is 2.30. The van der Waals surface area contributed by atoms with Gasteiger partial charge in [-0.25, -0.2) is 10.8 Å². The lowest BCUT2D eigenvalue weighted by molar-refractivity contribution is 0.0948. The number of anilines is 1. The van der Waals surface area contributed by atoms with Gasteiger partial charge in [0.1, 0.15) is 5.69 Å². The zero-order chi connectivity index (χ0) is 12.7. The minimum absolute atomic E-state index is 0.0194. The summed E-state index contributed by atoms with van der Waals surface area (Å²) in [6.07, 6.45) is 0. The molecule has 0 unspecified atom stereocenters. The number of nitrogens with one attached hydrogen (secondary N) is 2. The van der Waals surface area contributed by atoms with E-state index < -0.39 is 5.91 Å². The van der Waals surface area contributed by atoms with E-state index in [1.807, 2.05) is 5.43 Å². The number of hydrazine groups is 1. The van der Waals surface area contributed by atoms with Crippen LogP contribution in [0.3, 0.4) is 0 Å². The Morgan fingerprint density at radius 1 is 1.44 bits per heavy atom. The number of ketones is 1. The molecule has 1 aliphatic heterocycles. The number of nitrogens with zero attached hydrogens (tertiary/aromatic N) is 1. The van der Waals surface area contributed by atoms with Gasteiger partial charge in [0, 0.05) is 16.6 Å². The van der Waals surface area contributed by atoms with Crippen LogP contribution in [-0.2, 0) is 0 Å². The van der Waals surface area contributed by atoms with Gasteiger partial charge in [0.2, 0.25) is 0 Å². The van der Waals surface area contributed by atoms with Gasteiger partial charge in [-0.05, 0) is 12.1 Å². The number of amides is 1. The monoisotopic (exact) mass is 242 g/mol. The summed E-state index contributed by atoms with van der Waals surface area (Å²) in [6, 6.07) is 6.87. The number of hydrogen-bond donors (Lipinski definition) is 3. The smallest absolute Gasteiger partial charge is 0.283 e. The van der Waals surface area contributed by atoms with E-state index in [4.69, 9.17) is 5.84 Å². The van der Waals surface area contributed by atoms with Crippen LogP contribution in [0.2, 0.25) is 0 Å². The molecule has 2 aromatic rings. The van der Waals surface area contributed by atoms with Crippen molar-refractivity contribution in [1.29, 1.82) is 0 Å². The highest BCUT2D eigenvalue weighted by molar-refractivity contribution is 6.16. The molecule has 0 atom stereocenters. The number of aromatic nitrogens is 1. The average Bonchev–Trinajstić information content (AvgIpc) is 2.41. The molecule has 0 saturated carbocycles. The molecule has 1 amide bonds. The molecule has 0 bridgehead atoms. The second kappa shape index (κ2) is 3.78. The lowest BCUT2D eigenvalue weighted by atomic mass is 9.99. The fourth-order valence-corrected chi connectivity index (χ4v) is 2.12. The first kappa shape index (κ1) is 10.7. The van der Waals surface area contributed by atoms with Gasteiger partial charge < -0.3 is 5.32 Å². The third kappa shape index (κ3) is 1.43. The summed E-state index contributed by atoms with van der Waals surface area (Å²) in [4.78, 5) is 27.5. The predicted octanol–water partition coefficient (Wildman–Crippen LogP) is 0.446. The zero-order valence-electron chi connectivity index (χ0n) is 9.36. The number of carbonyl (C=O) groups is 2. The van der Waals surface area contributed by atoms with Crippen LogP contribution in [0, 0.1) is 0 Å². The number of nitrogen functional groups attached to an aromatic ring is 1. The Labute approximate surface area is 102 Å². The average molecular weight is 242 g/mol. The molecule has 0 saturated heterocycles. The standard InChI is InChI=1S/C12H10N4O2/c13-16-12(18)9-4-8-11-6(10(17)5-14-8)2-1-3-7(11)15-9/h1-4,14H,5,13H2,(H,16,18). The molecule has 1 aromatic heterocycles. The van der Waals surface area contributed by atoms with Crippen molar-refractivity contribution >= 4 is 28.3 Å². The molecular weight excluding hydrogens is 232 g/mol. The molecule has 6 heteroatoms. The molecule has 6 nitrogen and oxygen atoms in total. The maximum atomic E-state index is 11.8. The van der Waals surface area contributed by atoms with E-state index in [2.05, 4.69) is 10.3 Å². The van der Waals surface area contributed by atoms with Gasteiger partial charge in [0.25, 0.3) is 5.91 Å². The van der Waals surface area contributed by atoms with Gasteiger partial charge in [-0.15, -0.1) is 0 Å². The molecule has 90 valence electrons. The lowest BCUT2D eigenvalue weighted by Crippen LogP contribution is -2.31. The van der Waals surface area contributed by atoms with Crippen molar-refractivity contribution in [2.75, 3.05) is 11.9 Å². The van der Waals surface area contributed by atoms with Crippen molar-refractivity contribution < 1.29 is 9.59 Å². The van der Waals surface area contributed by atoms with E-state index in [1.165, 1.54) is 0 Å². The molecular formula is C12H10N4O2. The predicted molar refractivity (Wildman–Crippen MR) is 66.2 cm³/mol. The number of Topliss-reactive ketones (excluding diaryl/α,β-unsaturated/α-hetero) is 1. The summed E-state index contributed by atoms with van der Waals surface area (Å²) in [7, 11) is 0. The second-order valence-corrected chi connectivity index (χ2v) is 4.00. The topological polar surface area (TPSA) is 97.1 Å². The molecule has 18 heavy (non-hydrogen) atoms. The van der Waals surface area contributed by atoms with Crippen LogP contribution in [0.15, 0.2) is 24.3 Å². The summed E-state index contributed by atoms with van der Waals surface area (Å²) >= 11 is 0. The Kier molecular flexibility index (Phi) is 2.24. The van der Waals surface area contributed by atoms with Gasteiger partial charge in [-0.2, -0.15) is 0 Å². The van der Waals surface area contributed by atoms with Crippen molar-refractivity contribution in [3.05, 3.63) is 35.5 Å². The maximum Gasteiger partial charge on any atom is 0.283 e. The number of pyridine rings is 1. The van der Waals surface area contributed by atoms with E-state index in [0.717, 1.165) is 11.1 Å². The Morgan fingerprint density at radius 2 is 2.28 bits per heavy atom. The third-order valence-electron chi connectivity index (χ3n) is 2.94. The Morgan fingerprint density at radius 3 is 3.06 bits per heavy atom. The van der Waals surface area contributed by atoms with E-state index in [1.54, 1.807) is 24.3 Å². The van der Waals surface area contributed by atoms with Gasteiger partial charge >= 0.3 is 0 Å². The minimum atomic E-state index is -0.461. The highest BCUT2D eigenvalue weighted by Gasteiger charge is 2.21. The first-order chi connectivity index (χ1) is 8.70. The normalized spacial score (nSPS) is 13.3. The summed E-state index contributed by atoms with van der Waals surface area (Å²) < 4.78 is 0. The maximum absolute atomic E-state index is 11.8. The Hall–Kier alpha value is -2.47. The van der Waals surface area contributed by atoms with E-state index in [9.17, 15) is 9.59 Å². The van der Waals surface area contributed by atoms with Crippen molar-refractivity contribution in [3.8, 4) is 0 Å². The van der Waals surface area contributed by atoms with E-state index in [-0.39, 0.29) is 18.0 Å². The third-order valence-corrected chi connectivity index (χ3v) is 2.94. The van der Waals surface area contributed by atoms with Gasteiger partial charge in [-0.3, -0.25) is 15.0 Å². The van der Waals surface area contributed by atoms with Crippen LogP contribution in [-0.4, -0.2) is 23.2 Å². The van der Waals surface area contributed by atoms with Crippen LogP contribution >= 0.6 is 0 Å². The highest BCUT2D eigenvalue weighted by atomic mass is 16.2. The zero-order valence-corrected chi connectivity index (χ0v) is 9.36. The molecule has 0 radical (unpaired) electrons. The molecule has 0 aliphatic carbocycles. The summed E-state index contributed by atoms with van der Waals surface area (Å²) in [5.74, 6) is 4.65. The van der Waals surface area contributed by atoms with Crippen molar-refractivity contribution in [1.82, 2.24) is 10.4 Å². The largest absolute Gasteiger partial charge is 0.377 e. The van der Waals surface area contributed by atoms with Crippen LogP contribution in [0.5, 0.6) is 0 Å². The van der Waals surface area contributed by atoms with Crippen LogP contribution < -0.4 is 16.6 Å². The number of benzene rings is 1. The minimum Gasteiger partial charge on any atom is -0.377 e. The summed E-state index contributed by atoms with van der Waals surface area (Å²) in [5, 5.41) is 3.74. The van der Waals surface area contributed by atoms with Crippen LogP contribution in [0.25, 0.3) is 10.9 Å². The van der Waals surface area contributed by atoms with Gasteiger partial charge in [0.15, 0.2) is 5.78 Å². The van der Waals surface area contributed by atoms with Crippen molar-refractivity contribution in [2.24, 2.45) is 5.84 Å². The number of carbonyl (C=O) groups excluding carboxylic acids is 2. The summed E-state index contributed by atoms with van der Waals surface area (Å²) in [5.41, 5.74) is 4.23. The molecule has 0 fully saturated rings. The fourth-order valence-electron chi connectivity index (χ4n) is 2.12. The van der Waals surface area contributed by atoms with Crippen molar-refractivity contribution in [3.63, 3.8) is 0 Å². The van der Waals surface area contributed by atoms with Crippen LogP contribution in [0.4, 0.5) is 5.69 Å². The molecule has 0 spiro atoms. The number of hydrogen-bond acceptors (Lipinski definition) is 5. The lowest BCUT2D eigenvalue weighted by Gasteiger charge is -2.18. The van der Waals surface area contributed by atoms with Gasteiger partial charge in [0.05, 0.1) is 12.1 Å². The quantitative estimate of drug-likeness (QED) is 0.383. The van der Waals surface area contributed by atoms with Crippen molar-refractivity contribution in [2.45, 2.75) is 0 Å². The number of nitrogens with two attached hydrogens (primary N) is 1. The Bertz CT molecular complexity index is 681. The van der Waals surface area contributed by atoms with Crippen LogP contribution in [0.1, 0.15) is 20.8 Å². The number of rotatable bonds is 1. The molecule has 4 N–H and O–H groups in total. The molecule has 2 heterocycles. The molecule has 3 rings (SSSR count). The molecule has 1 aromatic carbocycles. The van der Waals surface area contributed by atoms with Gasteiger partial charge in [-0.1, -0.05) is 12.1 Å². The van der Waals surface area contributed by atoms with E-state index >= 15 is 0 Å². The fraction of sp³-hybridized carbons (Fsp3) is 0.0833. The second-order valence-electron chi connectivity index (χ2n) is 4.00. The van der Waals surface area contributed by atoms with E-state index in [0.29, 0.717) is 11.1 Å². The first-order valence-corrected chi connectivity index (χ1v) is 5.42.